The van der Waals surface area contributed by atoms with Gasteiger partial charge in [0.25, 0.3) is 0 Å². The molecule has 0 bridgehead atoms. The van der Waals surface area contributed by atoms with Crippen molar-refractivity contribution in [3.05, 3.63) is 35.6 Å². The fourth-order valence-electron chi connectivity index (χ4n) is 1.81. The molecule has 0 amide bonds. The highest BCUT2D eigenvalue weighted by Crippen LogP contribution is 2.20. The summed E-state index contributed by atoms with van der Waals surface area (Å²) in [6.07, 6.45) is -0.117. The maximum absolute atomic E-state index is 13.9. The first-order valence-electron chi connectivity index (χ1n) is 7.21. The van der Waals surface area contributed by atoms with E-state index in [1.165, 1.54) is 6.07 Å². The van der Waals surface area contributed by atoms with Crippen LogP contribution in [0.4, 0.5) is 4.39 Å². The Labute approximate surface area is 121 Å². The summed E-state index contributed by atoms with van der Waals surface area (Å²) in [6, 6.07) is 7.08. The van der Waals surface area contributed by atoms with E-state index in [1.54, 1.807) is 12.1 Å². The van der Waals surface area contributed by atoms with E-state index in [0.717, 1.165) is 0 Å². The molecule has 0 heterocycles. The summed E-state index contributed by atoms with van der Waals surface area (Å²) in [6.45, 7) is 9.63. The highest BCUT2D eigenvalue weighted by Gasteiger charge is 2.16. The topological polar surface area (TPSA) is 30.5 Å². The summed E-state index contributed by atoms with van der Waals surface area (Å²) < 4.78 is 25.1. The summed E-state index contributed by atoms with van der Waals surface area (Å²) in [7, 11) is 0. The smallest absolute Gasteiger partial charge is 0.129 e. The van der Waals surface area contributed by atoms with Crippen molar-refractivity contribution in [1.82, 2.24) is 5.32 Å². The molecule has 1 rings (SSSR count). The third-order valence-corrected chi connectivity index (χ3v) is 2.82. The lowest BCUT2D eigenvalue weighted by atomic mass is 10.1. The third kappa shape index (κ3) is 6.46. The van der Waals surface area contributed by atoms with Crippen LogP contribution in [-0.2, 0) is 9.47 Å². The van der Waals surface area contributed by atoms with E-state index in [-0.39, 0.29) is 18.0 Å². The monoisotopic (exact) mass is 283 g/mol. The zero-order valence-electron chi connectivity index (χ0n) is 12.9. The molecule has 4 heteroatoms. The van der Waals surface area contributed by atoms with Crippen LogP contribution < -0.4 is 5.32 Å². The molecule has 0 saturated carbocycles. The summed E-state index contributed by atoms with van der Waals surface area (Å²) in [5.74, 6) is -0.229. The second-order valence-electron chi connectivity index (χ2n) is 5.36. The van der Waals surface area contributed by atoms with Crippen molar-refractivity contribution in [2.24, 2.45) is 0 Å². The van der Waals surface area contributed by atoms with Crippen LogP contribution in [0.1, 0.15) is 39.4 Å². The van der Waals surface area contributed by atoms with Gasteiger partial charge in [0, 0.05) is 18.2 Å². The number of ether oxygens (including phenoxy) is 2. The molecule has 0 fully saturated rings. The minimum atomic E-state index is -0.297. The highest BCUT2D eigenvalue weighted by molar-refractivity contribution is 5.20. The summed E-state index contributed by atoms with van der Waals surface area (Å²) in [5, 5.41) is 3.29. The lowest BCUT2D eigenvalue weighted by Gasteiger charge is -2.21. The number of halogens is 1. The van der Waals surface area contributed by atoms with Crippen LogP contribution in [0, 0.1) is 5.82 Å². The standard InChI is InChI=1S/C16H26FNO2/c1-12(2)18-11-16(20-10-9-19-13(3)4)14-7-5-6-8-15(14)17/h5-8,12-13,16,18H,9-11H2,1-4H3. The maximum atomic E-state index is 13.9. The molecule has 0 saturated heterocycles. The number of hydrogen-bond donors (Lipinski definition) is 1. The van der Waals surface area contributed by atoms with Gasteiger partial charge in [-0.1, -0.05) is 32.0 Å². The van der Waals surface area contributed by atoms with Gasteiger partial charge in [0.1, 0.15) is 5.82 Å². The Bertz CT molecular complexity index is 382. The number of nitrogens with one attached hydrogen (secondary N) is 1. The lowest BCUT2D eigenvalue weighted by molar-refractivity contribution is -0.0145. The number of benzene rings is 1. The van der Waals surface area contributed by atoms with Gasteiger partial charge >= 0.3 is 0 Å². The predicted molar refractivity (Wildman–Crippen MR) is 79.3 cm³/mol. The molecule has 0 aromatic heterocycles. The average Bonchev–Trinajstić information content (AvgIpc) is 2.38. The molecule has 1 aromatic rings. The van der Waals surface area contributed by atoms with Gasteiger partial charge in [-0.2, -0.15) is 0 Å². The fourth-order valence-corrected chi connectivity index (χ4v) is 1.81. The molecule has 0 spiro atoms. The molecule has 3 nitrogen and oxygen atoms in total. The van der Waals surface area contributed by atoms with Crippen LogP contribution in [-0.4, -0.2) is 31.9 Å². The quantitative estimate of drug-likeness (QED) is 0.705. The van der Waals surface area contributed by atoms with Crippen molar-refractivity contribution in [1.29, 1.82) is 0 Å². The van der Waals surface area contributed by atoms with E-state index in [2.05, 4.69) is 19.2 Å². The van der Waals surface area contributed by atoms with Crippen LogP contribution in [0.3, 0.4) is 0 Å². The van der Waals surface area contributed by atoms with Gasteiger partial charge in [0.15, 0.2) is 0 Å². The zero-order valence-corrected chi connectivity index (χ0v) is 12.9. The Morgan fingerprint density at radius 3 is 2.30 bits per heavy atom. The average molecular weight is 283 g/mol. The van der Waals surface area contributed by atoms with E-state index in [1.807, 2.05) is 19.9 Å². The largest absolute Gasteiger partial charge is 0.376 e. The van der Waals surface area contributed by atoms with E-state index in [4.69, 9.17) is 9.47 Å². The minimum absolute atomic E-state index is 0.180. The van der Waals surface area contributed by atoms with Crippen LogP contribution in [0.5, 0.6) is 0 Å². The van der Waals surface area contributed by atoms with Crippen molar-refractivity contribution in [2.45, 2.75) is 45.9 Å². The van der Waals surface area contributed by atoms with Crippen LogP contribution in [0.15, 0.2) is 24.3 Å². The van der Waals surface area contributed by atoms with E-state index >= 15 is 0 Å². The van der Waals surface area contributed by atoms with Crippen molar-refractivity contribution >= 4 is 0 Å². The summed E-state index contributed by atoms with van der Waals surface area (Å²) >= 11 is 0. The van der Waals surface area contributed by atoms with E-state index < -0.39 is 0 Å². The maximum Gasteiger partial charge on any atom is 0.129 e. The second-order valence-corrected chi connectivity index (χ2v) is 5.36. The predicted octanol–water partition coefficient (Wildman–Crippen LogP) is 3.31. The fraction of sp³-hybridized carbons (Fsp3) is 0.625. The van der Waals surface area contributed by atoms with Gasteiger partial charge < -0.3 is 14.8 Å². The molecule has 114 valence electrons. The van der Waals surface area contributed by atoms with Crippen molar-refractivity contribution in [3.8, 4) is 0 Å². The van der Waals surface area contributed by atoms with Crippen LogP contribution in [0.2, 0.25) is 0 Å². The molecule has 1 N–H and O–H groups in total. The molecular weight excluding hydrogens is 257 g/mol. The lowest BCUT2D eigenvalue weighted by Crippen LogP contribution is -2.30. The molecule has 0 aliphatic heterocycles. The van der Waals surface area contributed by atoms with Crippen molar-refractivity contribution in [2.75, 3.05) is 19.8 Å². The Balaban J connectivity index is 2.58. The van der Waals surface area contributed by atoms with Gasteiger partial charge in [-0.25, -0.2) is 4.39 Å². The van der Waals surface area contributed by atoms with Crippen LogP contribution in [0.25, 0.3) is 0 Å². The van der Waals surface area contributed by atoms with E-state index in [0.29, 0.717) is 31.4 Å². The molecule has 20 heavy (non-hydrogen) atoms. The molecule has 0 aliphatic carbocycles. The first-order chi connectivity index (χ1) is 9.50. The number of hydrogen-bond acceptors (Lipinski definition) is 3. The van der Waals surface area contributed by atoms with Gasteiger partial charge in [-0.3, -0.25) is 0 Å². The third-order valence-electron chi connectivity index (χ3n) is 2.82. The van der Waals surface area contributed by atoms with Gasteiger partial charge in [0.05, 0.1) is 25.4 Å². The number of rotatable bonds is 9. The summed E-state index contributed by atoms with van der Waals surface area (Å²) in [5.41, 5.74) is 0.588. The minimum Gasteiger partial charge on any atom is -0.376 e. The second kappa shape index (κ2) is 9.06. The zero-order chi connectivity index (χ0) is 15.0. The Morgan fingerprint density at radius 1 is 1.05 bits per heavy atom. The van der Waals surface area contributed by atoms with Gasteiger partial charge in [-0.05, 0) is 19.9 Å². The Morgan fingerprint density at radius 2 is 1.70 bits per heavy atom. The molecule has 0 radical (unpaired) electrons. The Hall–Kier alpha value is -0.970. The van der Waals surface area contributed by atoms with E-state index in [9.17, 15) is 4.39 Å². The Kier molecular flexibility index (Phi) is 7.73. The van der Waals surface area contributed by atoms with Crippen molar-refractivity contribution < 1.29 is 13.9 Å². The first kappa shape index (κ1) is 17.1. The van der Waals surface area contributed by atoms with Gasteiger partial charge in [-0.15, -0.1) is 0 Å². The molecule has 1 atom stereocenters. The van der Waals surface area contributed by atoms with Crippen molar-refractivity contribution in [3.63, 3.8) is 0 Å². The molecule has 0 aliphatic rings. The molecule has 1 unspecified atom stereocenters. The SMILES string of the molecule is CC(C)NCC(OCCOC(C)C)c1ccccc1F. The molecular formula is C16H26FNO2. The molecule has 1 aromatic carbocycles. The highest BCUT2D eigenvalue weighted by atomic mass is 19.1. The normalized spacial score (nSPS) is 13.2. The van der Waals surface area contributed by atoms with Gasteiger partial charge in [0.2, 0.25) is 0 Å². The first-order valence-corrected chi connectivity index (χ1v) is 7.21. The van der Waals surface area contributed by atoms with Crippen LogP contribution >= 0.6 is 0 Å². The summed E-state index contributed by atoms with van der Waals surface area (Å²) in [4.78, 5) is 0.